The fourth-order valence-corrected chi connectivity index (χ4v) is 2.64. The van der Waals surface area contributed by atoms with Crippen molar-refractivity contribution in [2.24, 2.45) is 0 Å². The van der Waals surface area contributed by atoms with Gasteiger partial charge in [-0.1, -0.05) is 18.2 Å². The van der Waals surface area contributed by atoms with Crippen LogP contribution in [0.3, 0.4) is 0 Å². The molecule has 29 heavy (non-hydrogen) atoms. The van der Waals surface area contributed by atoms with Crippen molar-refractivity contribution in [3.63, 3.8) is 0 Å². The first-order valence-electron chi connectivity index (χ1n) is 9.38. The molecular weight excluding hydrogens is 371 g/mol. The van der Waals surface area contributed by atoms with Gasteiger partial charge in [-0.05, 0) is 56.2 Å². The van der Waals surface area contributed by atoms with Gasteiger partial charge in [0.1, 0.15) is 11.6 Å². The van der Waals surface area contributed by atoms with Crippen molar-refractivity contribution >= 4 is 17.5 Å². The Morgan fingerprint density at radius 3 is 2.41 bits per heavy atom. The summed E-state index contributed by atoms with van der Waals surface area (Å²) in [5.41, 5.74) is 1.71. The predicted molar refractivity (Wildman–Crippen MR) is 110 cm³/mol. The molecule has 0 radical (unpaired) electrons. The number of nitrogens with zero attached hydrogens (tertiary/aromatic N) is 2. The second-order valence-corrected chi connectivity index (χ2v) is 6.71. The Morgan fingerprint density at radius 1 is 1.07 bits per heavy atom. The van der Waals surface area contributed by atoms with E-state index in [1.807, 2.05) is 38.1 Å². The van der Waals surface area contributed by atoms with Crippen LogP contribution in [0.15, 0.2) is 60.9 Å². The quantitative estimate of drug-likeness (QED) is 0.601. The van der Waals surface area contributed by atoms with E-state index in [9.17, 15) is 9.18 Å². The molecule has 0 aliphatic carbocycles. The highest BCUT2D eigenvalue weighted by Gasteiger charge is 2.08. The first-order chi connectivity index (χ1) is 14.0. The van der Waals surface area contributed by atoms with E-state index in [0.717, 1.165) is 11.4 Å². The summed E-state index contributed by atoms with van der Waals surface area (Å²) in [5.74, 6) is 0.590. The second-order valence-electron chi connectivity index (χ2n) is 6.71. The molecule has 1 heterocycles. The maximum Gasteiger partial charge on any atom is 0.254 e. The topological polar surface area (TPSA) is 76.1 Å². The third-order valence-electron chi connectivity index (χ3n) is 4.03. The van der Waals surface area contributed by atoms with E-state index >= 15 is 0 Å². The number of nitrogens with one attached hydrogen (secondary N) is 2. The van der Waals surface area contributed by atoms with Gasteiger partial charge < -0.3 is 15.4 Å². The van der Waals surface area contributed by atoms with Crippen LogP contribution in [-0.4, -0.2) is 28.5 Å². The van der Waals surface area contributed by atoms with Gasteiger partial charge in [-0.2, -0.15) is 0 Å². The van der Waals surface area contributed by atoms with E-state index in [0.29, 0.717) is 30.0 Å². The van der Waals surface area contributed by atoms with Crippen LogP contribution in [0.2, 0.25) is 0 Å². The van der Waals surface area contributed by atoms with Crippen molar-refractivity contribution in [3.8, 4) is 5.75 Å². The third kappa shape index (κ3) is 6.00. The summed E-state index contributed by atoms with van der Waals surface area (Å²) >= 11 is 0. The zero-order valence-electron chi connectivity index (χ0n) is 16.4. The van der Waals surface area contributed by atoms with Crippen molar-refractivity contribution in [3.05, 3.63) is 77.9 Å². The van der Waals surface area contributed by atoms with Crippen LogP contribution in [0, 0.1) is 5.82 Å². The molecule has 2 N–H and O–H groups in total. The molecule has 1 aromatic heterocycles. The van der Waals surface area contributed by atoms with Gasteiger partial charge in [0.05, 0.1) is 11.7 Å². The maximum atomic E-state index is 13.6. The molecule has 0 spiro atoms. The summed E-state index contributed by atoms with van der Waals surface area (Å²) in [5, 5.41) is 5.82. The maximum absolute atomic E-state index is 13.6. The lowest BCUT2D eigenvalue weighted by molar-refractivity contribution is 0.0953. The highest BCUT2D eigenvalue weighted by Crippen LogP contribution is 2.19. The molecule has 3 rings (SSSR count). The SMILES string of the molecule is CC(C)Oc1ccc(Nc2ncc(C(=O)NCCc3ccccc3F)cn2)cc1. The lowest BCUT2D eigenvalue weighted by atomic mass is 10.1. The first-order valence-corrected chi connectivity index (χ1v) is 9.38. The van der Waals surface area contributed by atoms with Crippen LogP contribution < -0.4 is 15.4 Å². The monoisotopic (exact) mass is 394 g/mol. The molecule has 6 nitrogen and oxygen atoms in total. The molecule has 0 fully saturated rings. The fraction of sp³-hybridized carbons (Fsp3) is 0.227. The molecule has 0 aliphatic rings. The van der Waals surface area contributed by atoms with Crippen molar-refractivity contribution in [2.45, 2.75) is 26.4 Å². The summed E-state index contributed by atoms with van der Waals surface area (Å²) in [6.07, 6.45) is 3.42. The van der Waals surface area contributed by atoms with Gasteiger partial charge in [-0.3, -0.25) is 4.79 Å². The van der Waals surface area contributed by atoms with Crippen LogP contribution in [0.25, 0.3) is 0 Å². The number of carbonyl (C=O) groups is 1. The first kappa shape index (κ1) is 20.3. The number of ether oxygens (including phenoxy) is 1. The van der Waals surface area contributed by atoms with Gasteiger partial charge in [0.2, 0.25) is 5.95 Å². The van der Waals surface area contributed by atoms with Gasteiger partial charge in [-0.25, -0.2) is 14.4 Å². The van der Waals surface area contributed by atoms with Gasteiger partial charge >= 0.3 is 0 Å². The average molecular weight is 394 g/mol. The molecule has 0 saturated heterocycles. The molecule has 3 aromatic rings. The normalized spacial score (nSPS) is 10.6. The van der Waals surface area contributed by atoms with E-state index < -0.39 is 0 Å². The number of rotatable bonds is 8. The van der Waals surface area contributed by atoms with Crippen LogP contribution in [0.5, 0.6) is 5.75 Å². The molecular formula is C22H23FN4O2. The van der Waals surface area contributed by atoms with Crippen molar-refractivity contribution in [1.82, 2.24) is 15.3 Å². The molecule has 0 bridgehead atoms. The molecule has 0 saturated carbocycles. The van der Waals surface area contributed by atoms with Crippen molar-refractivity contribution in [2.75, 3.05) is 11.9 Å². The lowest BCUT2D eigenvalue weighted by Crippen LogP contribution is -2.26. The van der Waals surface area contributed by atoms with Gasteiger partial charge in [-0.15, -0.1) is 0 Å². The Bertz CT molecular complexity index is 944. The third-order valence-corrected chi connectivity index (χ3v) is 4.03. The lowest BCUT2D eigenvalue weighted by Gasteiger charge is -2.10. The van der Waals surface area contributed by atoms with Crippen molar-refractivity contribution in [1.29, 1.82) is 0 Å². The standard InChI is InChI=1S/C22H23FN4O2/c1-15(2)29-19-9-7-18(8-10-19)27-22-25-13-17(14-26-22)21(28)24-12-11-16-5-3-4-6-20(16)23/h3-10,13-15H,11-12H2,1-2H3,(H,24,28)(H,25,26,27). The summed E-state index contributed by atoms with van der Waals surface area (Å²) in [6.45, 7) is 4.26. The molecule has 1 amide bonds. The Labute approximate surface area is 169 Å². The highest BCUT2D eigenvalue weighted by molar-refractivity contribution is 5.93. The summed E-state index contributed by atoms with van der Waals surface area (Å²) in [4.78, 5) is 20.5. The van der Waals surface area contributed by atoms with Crippen LogP contribution >= 0.6 is 0 Å². The Kier molecular flexibility index (Phi) is 6.73. The minimum Gasteiger partial charge on any atom is -0.491 e. The minimum absolute atomic E-state index is 0.113. The number of hydrogen-bond acceptors (Lipinski definition) is 5. The smallest absolute Gasteiger partial charge is 0.254 e. The van der Waals surface area contributed by atoms with Crippen LogP contribution in [0.4, 0.5) is 16.0 Å². The molecule has 0 aliphatic heterocycles. The van der Waals surface area contributed by atoms with Crippen LogP contribution in [-0.2, 0) is 6.42 Å². The predicted octanol–water partition coefficient (Wildman–Crippen LogP) is 4.12. The van der Waals surface area contributed by atoms with Crippen molar-refractivity contribution < 1.29 is 13.9 Å². The number of hydrogen-bond donors (Lipinski definition) is 2. The van der Waals surface area contributed by atoms with Gasteiger partial charge in [0.15, 0.2) is 0 Å². The van der Waals surface area contributed by atoms with Gasteiger partial charge in [0, 0.05) is 24.6 Å². The largest absolute Gasteiger partial charge is 0.491 e. The van der Waals surface area contributed by atoms with Crippen LogP contribution in [0.1, 0.15) is 29.8 Å². The summed E-state index contributed by atoms with van der Waals surface area (Å²) in [6, 6.07) is 14.0. The number of aromatic nitrogens is 2. The fourth-order valence-electron chi connectivity index (χ4n) is 2.64. The second kappa shape index (κ2) is 9.64. The number of carbonyl (C=O) groups excluding carboxylic acids is 1. The number of halogens is 1. The number of amides is 1. The Hall–Kier alpha value is -3.48. The zero-order chi connectivity index (χ0) is 20.6. The average Bonchev–Trinajstić information content (AvgIpc) is 2.71. The van der Waals surface area contributed by atoms with E-state index in [-0.39, 0.29) is 17.8 Å². The zero-order valence-corrected chi connectivity index (χ0v) is 16.4. The van der Waals surface area contributed by atoms with E-state index in [1.165, 1.54) is 18.5 Å². The van der Waals surface area contributed by atoms with E-state index in [1.54, 1.807) is 18.2 Å². The molecule has 0 unspecified atom stereocenters. The van der Waals surface area contributed by atoms with Gasteiger partial charge in [0.25, 0.3) is 5.91 Å². The molecule has 0 atom stereocenters. The molecule has 2 aromatic carbocycles. The number of benzene rings is 2. The molecule has 150 valence electrons. The van der Waals surface area contributed by atoms with E-state index in [2.05, 4.69) is 20.6 Å². The number of anilines is 2. The van der Waals surface area contributed by atoms with E-state index in [4.69, 9.17) is 4.74 Å². The summed E-state index contributed by atoms with van der Waals surface area (Å²) in [7, 11) is 0. The summed E-state index contributed by atoms with van der Waals surface area (Å²) < 4.78 is 19.2. The molecule has 7 heteroatoms. The Balaban J connectivity index is 1.51. The Morgan fingerprint density at radius 2 is 1.76 bits per heavy atom. The minimum atomic E-state index is -0.303. The highest BCUT2D eigenvalue weighted by atomic mass is 19.1.